The minimum absolute atomic E-state index is 0.0528. The lowest BCUT2D eigenvalue weighted by Gasteiger charge is -2.34. The number of imide groups is 1. The molecule has 0 bridgehead atoms. The minimum atomic E-state index is -1.05. The largest absolute Gasteiger partial charge is 0.388 e. The number of carbonyl (C=O) groups is 2. The Balaban J connectivity index is 2.22. The molecule has 2 rings (SSSR count). The van der Waals surface area contributed by atoms with Crippen LogP contribution in [0.2, 0.25) is 0 Å². The lowest BCUT2D eigenvalue weighted by atomic mass is 9.91. The quantitative estimate of drug-likeness (QED) is 0.855. The summed E-state index contributed by atoms with van der Waals surface area (Å²) in [4.78, 5) is 25.7. The predicted molar refractivity (Wildman–Crippen MR) is 76.3 cm³/mol. The smallest absolute Gasteiger partial charge is 0.260 e. The fourth-order valence-corrected chi connectivity index (χ4v) is 2.84. The SMILES string of the molecule is CC(C)CC(C)(O)CN1C(=O)Cc2ccccc2C1=O. The summed E-state index contributed by atoms with van der Waals surface area (Å²) in [6.45, 7) is 5.73. The Morgan fingerprint density at radius 2 is 1.95 bits per heavy atom. The third-order valence-electron chi connectivity index (χ3n) is 3.48. The van der Waals surface area contributed by atoms with E-state index in [9.17, 15) is 14.7 Å². The van der Waals surface area contributed by atoms with Gasteiger partial charge in [-0.3, -0.25) is 14.5 Å². The number of hydrogen-bond donors (Lipinski definition) is 1. The van der Waals surface area contributed by atoms with E-state index >= 15 is 0 Å². The van der Waals surface area contributed by atoms with E-state index in [2.05, 4.69) is 0 Å². The van der Waals surface area contributed by atoms with Gasteiger partial charge in [-0.15, -0.1) is 0 Å². The summed E-state index contributed by atoms with van der Waals surface area (Å²) in [5.74, 6) is -0.245. The molecule has 1 aliphatic rings. The van der Waals surface area contributed by atoms with Gasteiger partial charge in [-0.2, -0.15) is 0 Å². The van der Waals surface area contributed by atoms with Crippen LogP contribution in [0.5, 0.6) is 0 Å². The van der Waals surface area contributed by atoms with Crippen LogP contribution in [0.3, 0.4) is 0 Å². The van der Waals surface area contributed by atoms with Crippen molar-refractivity contribution in [2.75, 3.05) is 6.54 Å². The number of benzene rings is 1. The summed E-state index contributed by atoms with van der Waals surface area (Å²) in [5, 5.41) is 10.4. The Morgan fingerprint density at radius 1 is 1.30 bits per heavy atom. The van der Waals surface area contributed by atoms with Crippen molar-refractivity contribution in [3.63, 3.8) is 0 Å². The van der Waals surface area contributed by atoms with E-state index in [1.807, 2.05) is 19.9 Å². The maximum Gasteiger partial charge on any atom is 0.260 e. The van der Waals surface area contributed by atoms with Gasteiger partial charge in [0.15, 0.2) is 0 Å². The maximum absolute atomic E-state index is 12.4. The van der Waals surface area contributed by atoms with Crippen LogP contribution in [0.1, 0.15) is 43.1 Å². The van der Waals surface area contributed by atoms with E-state index in [0.717, 1.165) is 5.56 Å². The third kappa shape index (κ3) is 3.07. The summed E-state index contributed by atoms with van der Waals surface area (Å²) in [6, 6.07) is 7.14. The van der Waals surface area contributed by atoms with E-state index in [0.29, 0.717) is 17.9 Å². The number of aliphatic hydroxyl groups is 1. The van der Waals surface area contributed by atoms with Crippen LogP contribution in [0.15, 0.2) is 24.3 Å². The number of rotatable bonds is 4. The Hall–Kier alpha value is -1.68. The summed E-state index contributed by atoms with van der Waals surface area (Å²) in [5.41, 5.74) is 0.279. The standard InChI is InChI=1S/C16H21NO3/c1-11(2)9-16(3,20)10-17-14(18)8-12-6-4-5-7-13(12)15(17)19/h4-7,11,20H,8-10H2,1-3H3. The summed E-state index contributed by atoms with van der Waals surface area (Å²) in [6.07, 6.45) is 0.769. The van der Waals surface area contributed by atoms with Gasteiger partial charge in [0.25, 0.3) is 5.91 Å². The van der Waals surface area contributed by atoms with E-state index < -0.39 is 5.60 Å². The Morgan fingerprint density at radius 3 is 2.60 bits per heavy atom. The first-order valence-electron chi connectivity index (χ1n) is 6.95. The predicted octanol–water partition coefficient (Wildman–Crippen LogP) is 2.01. The van der Waals surface area contributed by atoms with Crippen LogP contribution >= 0.6 is 0 Å². The monoisotopic (exact) mass is 275 g/mol. The van der Waals surface area contributed by atoms with Gasteiger partial charge in [0.05, 0.1) is 18.6 Å². The number of amides is 2. The van der Waals surface area contributed by atoms with E-state index in [1.165, 1.54) is 4.90 Å². The number of fused-ring (bicyclic) bond motifs is 1. The Kier molecular flexibility index (Phi) is 3.95. The molecule has 1 aromatic carbocycles. The van der Waals surface area contributed by atoms with E-state index in [4.69, 9.17) is 0 Å². The molecule has 4 heteroatoms. The van der Waals surface area contributed by atoms with Crippen molar-refractivity contribution in [3.8, 4) is 0 Å². The second-order valence-corrected chi connectivity index (χ2v) is 6.21. The molecule has 1 aliphatic heterocycles. The zero-order valence-corrected chi connectivity index (χ0v) is 12.2. The summed E-state index contributed by atoms with van der Waals surface area (Å²) in [7, 11) is 0. The molecule has 1 atom stereocenters. The van der Waals surface area contributed by atoms with Crippen molar-refractivity contribution in [3.05, 3.63) is 35.4 Å². The fraction of sp³-hybridized carbons (Fsp3) is 0.500. The van der Waals surface area contributed by atoms with Gasteiger partial charge >= 0.3 is 0 Å². The average molecular weight is 275 g/mol. The van der Waals surface area contributed by atoms with Gasteiger partial charge in [0.2, 0.25) is 5.91 Å². The van der Waals surface area contributed by atoms with Crippen LogP contribution in [-0.4, -0.2) is 34.0 Å². The summed E-state index contributed by atoms with van der Waals surface area (Å²) < 4.78 is 0. The lowest BCUT2D eigenvalue weighted by molar-refractivity contribution is -0.131. The lowest BCUT2D eigenvalue weighted by Crippen LogP contribution is -2.50. The molecule has 2 amide bonds. The molecule has 0 aromatic heterocycles. The zero-order chi connectivity index (χ0) is 14.9. The first-order chi connectivity index (χ1) is 9.30. The molecule has 1 N–H and O–H groups in total. The molecule has 20 heavy (non-hydrogen) atoms. The molecule has 1 aromatic rings. The molecule has 0 saturated heterocycles. The average Bonchev–Trinajstić information content (AvgIpc) is 2.33. The van der Waals surface area contributed by atoms with Crippen molar-refractivity contribution >= 4 is 11.8 Å². The number of hydrogen-bond acceptors (Lipinski definition) is 3. The van der Waals surface area contributed by atoms with Gasteiger partial charge in [-0.25, -0.2) is 0 Å². The summed E-state index contributed by atoms with van der Waals surface area (Å²) >= 11 is 0. The van der Waals surface area contributed by atoms with Gasteiger partial charge in [0.1, 0.15) is 0 Å². The van der Waals surface area contributed by atoms with Crippen LogP contribution in [-0.2, 0) is 11.2 Å². The second kappa shape index (κ2) is 5.37. The molecule has 1 unspecified atom stereocenters. The third-order valence-corrected chi connectivity index (χ3v) is 3.48. The van der Waals surface area contributed by atoms with Crippen LogP contribution in [0.4, 0.5) is 0 Å². The first-order valence-corrected chi connectivity index (χ1v) is 6.95. The number of carbonyl (C=O) groups excluding carboxylic acids is 2. The van der Waals surface area contributed by atoms with Crippen molar-refractivity contribution in [1.82, 2.24) is 4.90 Å². The highest BCUT2D eigenvalue weighted by Gasteiger charge is 2.35. The van der Waals surface area contributed by atoms with E-state index in [-0.39, 0.29) is 24.8 Å². The van der Waals surface area contributed by atoms with Crippen molar-refractivity contribution in [2.45, 2.75) is 39.2 Å². The first kappa shape index (κ1) is 14.7. The van der Waals surface area contributed by atoms with Gasteiger partial charge in [-0.05, 0) is 30.9 Å². The van der Waals surface area contributed by atoms with Crippen molar-refractivity contribution in [1.29, 1.82) is 0 Å². The highest BCUT2D eigenvalue weighted by atomic mass is 16.3. The molecule has 0 radical (unpaired) electrons. The number of β-amino-alcohol motifs (C(OH)–C–C–N with tert-alkyl or cyclic N) is 1. The normalized spacial score (nSPS) is 18.1. The highest BCUT2D eigenvalue weighted by Crippen LogP contribution is 2.24. The minimum Gasteiger partial charge on any atom is -0.388 e. The molecule has 108 valence electrons. The van der Waals surface area contributed by atoms with Gasteiger partial charge < -0.3 is 5.11 Å². The molecule has 4 nitrogen and oxygen atoms in total. The zero-order valence-electron chi connectivity index (χ0n) is 12.2. The maximum atomic E-state index is 12.4. The molecular weight excluding hydrogens is 254 g/mol. The molecule has 0 fully saturated rings. The molecule has 0 saturated carbocycles. The van der Waals surface area contributed by atoms with E-state index in [1.54, 1.807) is 25.1 Å². The van der Waals surface area contributed by atoms with Crippen LogP contribution < -0.4 is 0 Å². The molecule has 0 spiro atoms. The Labute approximate surface area is 119 Å². The van der Waals surface area contributed by atoms with Crippen molar-refractivity contribution in [2.24, 2.45) is 5.92 Å². The highest BCUT2D eigenvalue weighted by molar-refractivity contribution is 6.09. The number of nitrogens with zero attached hydrogens (tertiary/aromatic N) is 1. The Bertz CT molecular complexity index is 534. The van der Waals surface area contributed by atoms with Crippen molar-refractivity contribution < 1.29 is 14.7 Å². The second-order valence-electron chi connectivity index (χ2n) is 6.21. The van der Waals surface area contributed by atoms with Gasteiger partial charge in [0, 0.05) is 5.56 Å². The topological polar surface area (TPSA) is 57.6 Å². The molecule has 1 heterocycles. The van der Waals surface area contributed by atoms with Crippen LogP contribution in [0.25, 0.3) is 0 Å². The molecule has 0 aliphatic carbocycles. The molecular formula is C16H21NO3. The fourth-order valence-electron chi connectivity index (χ4n) is 2.84. The van der Waals surface area contributed by atoms with Crippen LogP contribution in [0, 0.1) is 5.92 Å². The van der Waals surface area contributed by atoms with Gasteiger partial charge in [-0.1, -0.05) is 32.0 Å².